The van der Waals surface area contributed by atoms with Gasteiger partial charge in [0, 0.05) is 61.7 Å². The highest BCUT2D eigenvalue weighted by atomic mass is 16.2. The van der Waals surface area contributed by atoms with Gasteiger partial charge in [0.1, 0.15) is 30.2 Å². The van der Waals surface area contributed by atoms with Crippen LogP contribution >= 0.6 is 0 Å². The van der Waals surface area contributed by atoms with Crippen molar-refractivity contribution >= 4 is 52.3 Å². The molecule has 58 heavy (non-hydrogen) atoms. The molecule has 0 fully saturated rings. The van der Waals surface area contributed by atoms with Gasteiger partial charge < -0.3 is 53.8 Å². The van der Waals surface area contributed by atoms with Crippen LogP contribution in [0.3, 0.4) is 0 Å². The molecule has 18 nitrogen and oxygen atoms in total. The van der Waals surface area contributed by atoms with E-state index in [1.807, 2.05) is 37.3 Å². The first-order valence-corrected chi connectivity index (χ1v) is 19.1. The lowest BCUT2D eigenvalue weighted by molar-refractivity contribution is -0.135. The second kappa shape index (κ2) is 21.5. The number of nitrogens with one attached hydrogen (secondary N) is 7. The quantitative estimate of drug-likeness (QED) is 0.0289. The summed E-state index contributed by atoms with van der Waals surface area (Å²) in [6.45, 7) is 5.03. The lowest BCUT2D eigenvalue weighted by atomic mass is 9.96. The predicted octanol–water partition coefficient (Wildman–Crippen LogP) is -0.0522. The Morgan fingerprint density at radius 1 is 0.741 bits per heavy atom. The molecule has 2 aromatic carbocycles. The Balaban J connectivity index is 1.61. The summed E-state index contributed by atoms with van der Waals surface area (Å²) in [5.41, 5.74) is 19.7. The minimum atomic E-state index is -1.23. The number of fused-ring (bicyclic) bond motifs is 1. The summed E-state index contributed by atoms with van der Waals surface area (Å²) in [4.78, 5) is 94.7. The maximum absolute atomic E-state index is 14.3. The molecule has 6 atom stereocenters. The number of nitrogens with zero attached hydrogens (tertiary/aromatic N) is 2. The van der Waals surface area contributed by atoms with Crippen LogP contribution in [-0.4, -0.2) is 93.1 Å². The number of imidazole rings is 1. The maximum atomic E-state index is 14.3. The van der Waals surface area contributed by atoms with Gasteiger partial charge in [0.25, 0.3) is 0 Å². The molecule has 2 heterocycles. The van der Waals surface area contributed by atoms with E-state index in [4.69, 9.17) is 17.2 Å². The molecule has 0 saturated heterocycles. The molecule has 4 aromatic rings. The summed E-state index contributed by atoms with van der Waals surface area (Å²) in [5.74, 6) is -4.43. The third kappa shape index (κ3) is 13.2. The molecule has 0 radical (unpaired) electrons. The van der Waals surface area contributed by atoms with E-state index < -0.39 is 71.6 Å². The van der Waals surface area contributed by atoms with E-state index in [2.05, 4.69) is 46.5 Å². The van der Waals surface area contributed by atoms with Crippen molar-refractivity contribution in [2.75, 3.05) is 6.54 Å². The molecule has 6 amide bonds. The Labute approximate surface area is 336 Å². The Hall–Kier alpha value is -6.72. The Bertz CT molecular complexity index is 2030. The topological polar surface area (TPSA) is 297 Å². The van der Waals surface area contributed by atoms with Crippen LogP contribution in [0.25, 0.3) is 10.9 Å². The van der Waals surface area contributed by atoms with Crippen LogP contribution < -0.4 is 43.8 Å². The van der Waals surface area contributed by atoms with Crippen molar-refractivity contribution in [1.82, 2.24) is 41.5 Å². The molecule has 0 aliphatic rings. The number of aromatic amines is 2. The zero-order valence-corrected chi connectivity index (χ0v) is 32.9. The number of primary amides is 1. The Morgan fingerprint density at radius 2 is 1.38 bits per heavy atom. The lowest BCUT2D eigenvalue weighted by Crippen LogP contribution is -2.60. The Kier molecular flexibility index (Phi) is 16.3. The van der Waals surface area contributed by atoms with Gasteiger partial charge in [-0.25, -0.2) is 4.98 Å². The second-order valence-corrected chi connectivity index (χ2v) is 14.2. The zero-order valence-electron chi connectivity index (χ0n) is 32.9. The second-order valence-electron chi connectivity index (χ2n) is 14.2. The minimum Gasteiger partial charge on any atom is -0.370 e. The number of aliphatic imine (C=N–C) groups is 1. The van der Waals surface area contributed by atoms with Crippen LogP contribution in [0.15, 0.2) is 78.3 Å². The van der Waals surface area contributed by atoms with Crippen molar-refractivity contribution in [1.29, 1.82) is 0 Å². The van der Waals surface area contributed by atoms with E-state index in [1.165, 1.54) is 19.4 Å². The van der Waals surface area contributed by atoms with Crippen molar-refractivity contribution in [3.63, 3.8) is 0 Å². The van der Waals surface area contributed by atoms with E-state index in [0.717, 1.165) is 16.5 Å². The van der Waals surface area contributed by atoms with Crippen LogP contribution in [0, 0.1) is 5.92 Å². The summed E-state index contributed by atoms with van der Waals surface area (Å²) in [5, 5.41) is 14.5. The number of H-pyrrole nitrogens is 2. The van der Waals surface area contributed by atoms with E-state index in [9.17, 15) is 28.8 Å². The van der Waals surface area contributed by atoms with Crippen LogP contribution in [0.5, 0.6) is 0 Å². The summed E-state index contributed by atoms with van der Waals surface area (Å²) in [7, 11) is 0. The number of aromatic nitrogens is 3. The highest BCUT2D eigenvalue weighted by Crippen LogP contribution is 2.20. The van der Waals surface area contributed by atoms with Crippen molar-refractivity contribution in [3.05, 3.63) is 90.1 Å². The smallest absolute Gasteiger partial charge is 0.243 e. The fourth-order valence-electron chi connectivity index (χ4n) is 6.41. The number of carbonyl (C=O) groups is 6. The number of para-hydroxylation sites is 1. The van der Waals surface area contributed by atoms with Crippen LogP contribution in [0.2, 0.25) is 0 Å². The molecule has 0 saturated carbocycles. The molecule has 0 aliphatic carbocycles. The lowest BCUT2D eigenvalue weighted by Gasteiger charge is -2.29. The van der Waals surface area contributed by atoms with E-state index in [0.29, 0.717) is 17.7 Å². The van der Waals surface area contributed by atoms with Gasteiger partial charge in [0.05, 0.1) is 6.33 Å². The molecule has 6 unspecified atom stereocenters. The van der Waals surface area contributed by atoms with Gasteiger partial charge in [0.2, 0.25) is 35.4 Å². The number of amides is 6. The van der Waals surface area contributed by atoms with Crippen LogP contribution in [0.4, 0.5) is 0 Å². The molecule has 0 spiro atoms. The van der Waals surface area contributed by atoms with Gasteiger partial charge >= 0.3 is 0 Å². The number of hydrogen-bond donors (Lipinski definition) is 10. The largest absolute Gasteiger partial charge is 0.370 e. The number of benzene rings is 2. The summed E-state index contributed by atoms with van der Waals surface area (Å²) in [6, 6.07) is 10.8. The average Bonchev–Trinajstić information content (AvgIpc) is 3.87. The predicted molar refractivity (Wildman–Crippen MR) is 218 cm³/mol. The number of hydrogen-bond acceptors (Lipinski definition) is 8. The SMILES string of the molecule is CCC(C)C(NC(=O)C(Cc1cnc[nH]1)NC(C)=O)C(=O)NC(CCCN=C(N)N)C(=O)NC(Cc1c[nH]c2ccccc12)C(=O)NC(Cc1ccccc1)C(N)=O. The maximum Gasteiger partial charge on any atom is 0.243 e. The van der Waals surface area contributed by atoms with Gasteiger partial charge in [-0.1, -0.05) is 68.8 Å². The molecule has 4 rings (SSSR count). The number of carbonyl (C=O) groups excluding carboxylic acids is 6. The molecular formula is C40H54N12O6. The first-order valence-electron chi connectivity index (χ1n) is 19.1. The first-order chi connectivity index (χ1) is 27.7. The van der Waals surface area contributed by atoms with Gasteiger partial charge in [0.15, 0.2) is 5.96 Å². The molecule has 0 bridgehead atoms. The van der Waals surface area contributed by atoms with Crippen molar-refractivity contribution in [3.8, 4) is 0 Å². The summed E-state index contributed by atoms with van der Waals surface area (Å²) >= 11 is 0. The van der Waals surface area contributed by atoms with Crippen LogP contribution in [-0.2, 0) is 48.0 Å². The molecule has 2 aromatic heterocycles. The fraction of sp³-hybridized carbons (Fsp3) is 0.400. The summed E-state index contributed by atoms with van der Waals surface area (Å²) in [6.07, 6.45) is 5.69. The van der Waals surface area contributed by atoms with Crippen molar-refractivity contribution in [2.45, 2.75) is 89.5 Å². The first kappa shape index (κ1) is 44.0. The number of nitrogens with two attached hydrogens (primary N) is 3. The summed E-state index contributed by atoms with van der Waals surface area (Å²) < 4.78 is 0. The highest BCUT2D eigenvalue weighted by molar-refractivity contribution is 5.97. The van der Waals surface area contributed by atoms with Crippen LogP contribution in [0.1, 0.15) is 56.9 Å². The number of guanidine groups is 1. The molecule has 0 aliphatic heterocycles. The molecule has 18 heteroatoms. The van der Waals surface area contributed by atoms with E-state index in [1.54, 1.807) is 37.4 Å². The third-order valence-electron chi connectivity index (χ3n) is 9.72. The van der Waals surface area contributed by atoms with Gasteiger partial charge in [-0.3, -0.25) is 33.8 Å². The Morgan fingerprint density at radius 3 is 2.03 bits per heavy atom. The highest BCUT2D eigenvalue weighted by Gasteiger charge is 2.34. The molecular weight excluding hydrogens is 745 g/mol. The molecule has 13 N–H and O–H groups in total. The normalized spacial score (nSPS) is 14.1. The average molecular weight is 799 g/mol. The van der Waals surface area contributed by atoms with Gasteiger partial charge in [-0.2, -0.15) is 0 Å². The molecule has 310 valence electrons. The number of rotatable bonds is 22. The minimum absolute atomic E-state index is 0.0134. The fourth-order valence-corrected chi connectivity index (χ4v) is 6.41. The standard InChI is InChI=1S/C40H54N12O6/c1-4-23(2)34(52-38(57)33(48-24(3)53)19-27-21-44-22-47-27)39(58)49-30(15-10-16-45-40(42)43)36(55)51-32(18-26-20-46-29-14-9-8-13-28(26)29)37(56)50-31(35(41)54)17-25-11-6-5-7-12-25/h5-9,11-14,20-23,30-34,46H,4,10,15-19H2,1-3H3,(H2,41,54)(H,44,47)(H,48,53)(H,49,58)(H,50,56)(H,51,55)(H,52,57)(H4,42,43,45). The zero-order chi connectivity index (χ0) is 42.2. The third-order valence-corrected chi connectivity index (χ3v) is 9.72. The monoisotopic (exact) mass is 798 g/mol. The van der Waals surface area contributed by atoms with E-state index in [-0.39, 0.29) is 44.6 Å². The van der Waals surface area contributed by atoms with Crippen molar-refractivity contribution < 1.29 is 28.8 Å². The van der Waals surface area contributed by atoms with Gasteiger partial charge in [-0.15, -0.1) is 0 Å². The van der Waals surface area contributed by atoms with Crippen molar-refractivity contribution in [2.24, 2.45) is 28.1 Å². The van der Waals surface area contributed by atoms with E-state index >= 15 is 0 Å². The van der Waals surface area contributed by atoms with Gasteiger partial charge in [-0.05, 0) is 36.0 Å².